The molecule has 0 unspecified atom stereocenters. The number of hydrogen-bond acceptors (Lipinski definition) is 3. The lowest BCUT2D eigenvalue weighted by Gasteiger charge is -2.64. The highest BCUT2D eigenvalue weighted by Crippen LogP contribution is 2.65. The number of carbonyl (C=O) groups excluding carboxylic acids is 1. The number of carbonyl (C=O) groups is 1. The molecule has 0 aromatic rings. The van der Waals surface area contributed by atoms with Crippen LogP contribution in [0.3, 0.4) is 0 Å². The van der Waals surface area contributed by atoms with Crippen molar-refractivity contribution < 1.29 is 14.1 Å². The molecule has 0 N–H and O–H groups in total. The van der Waals surface area contributed by atoms with Crippen LogP contribution >= 0.6 is 11.6 Å². The third-order valence-electron chi connectivity index (χ3n) is 7.02. The van der Waals surface area contributed by atoms with E-state index in [1.807, 2.05) is 4.90 Å². The van der Waals surface area contributed by atoms with Gasteiger partial charge in [0.2, 0.25) is 5.91 Å². The predicted molar refractivity (Wildman–Crippen MR) is 85.6 cm³/mol. The van der Waals surface area contributed by atoms with Crippen LogP contribution in [0.5, 0.6) is 0 Å². The molecule has 2 saturated heterocycles. The lowest BCUT2D eigenvalue weighted by molar-refractivity contribution is -0.199. The standard InChI is InChI=1S/C16H25BClNO3/c1-15(2)10-7-11(15)16(3)12(8-10)21-17(22-16)13-5-4-6-19(13)14(20)9-18/h10-13H,4-9H2,1-3H3/t10-,11+,12+,13-,16-/m0/s1. The Kier molecular flexibility index (Phi) is 3.38. The summed E-state index contributed by atoms with van der Waals surface area (Å²) in [7, 11) is -0.278. The van der Waals surface area contributed by atoms with Gasteiger partial charge in [-0.1, -0.05) is 13.8 Å². The van der Waals surface area contributed by atoms with Crippen molar-refractivity contribution in [3.8, 4) is 0 Å². The molecule has 4 nitrogen and oxygen atoms in total. The highest BCUT2D eigenvalue weighted by atomic mass is 35.5. The summed E-state index contributed by atoms with van der Waals surface area (Å²) < 4.78 is 12.8. The smallest absolute Gasteiger partial charge is 0.404 e. The maximum Gasteiger partial charge on any atom is 0.481 e. The molecule has 6 heteroatoms. The minimum Gasteiger partial charge on any atom is -0.404 e. The highest BCUT2D eigenvalue weighted by molar-refractivity contribution is 6.48. The van der Waals surface area contributed by atoms with Crippen LogP contribution in [0.1, 0.15) is 46.5 Å². The van der Waals surface area contributed by atoms with E-state index in [0.717, 1.165) is 31.7 Å². The summed E-state index contributed by atoms with van der Waals surface area (Å²) in [6.45, 7) is 7.73. The van der Waals surface area contributed by atoms with Crippen molar-refractivity contribution in [1.29, 1.82) is 0 Å². The number of nitrogens with zero attached hydrogens (tertiary/aromatic N) is 1. The third kappa shape index (κ3) is 1.88. The zero-order chi connectivity index (χ0) is 15.7. The molecule has 2 bridgehead atoms. The summed E-state index contributed by atoms with van der Waals surface area (Å²) >= 11 is 5.75. The lowest BCUT2D eigenvalue weighted by atomic mass is 9.43. The topological polar surface area (TPSA) is 38.8 Å². The maximum absolute atomic E-state index is 12.0. The number of halogens is 1. The molecule has 0 aromatic heterocycles. The fourth-order valence-corrected chi connectivity index (χ4v) is 5.68. The van der Waals surface area contributed by atoms with Gasteiger partial charge in [-0.15, -0.1) is 11.6 Å². The van der Waals surface area contributed by atoms with Crippen molar-refractivity contribution in [1.82, 2.24) is 4.90 Å². The quantitative estimate of drug-likeness (QED) is 0.578. The van der Waals surface area contributed by atoms with Crippen LogP contribution in [0.4, 0.5) is 0 Å². The molecule has 2 heterocycles. The minimum atomic E-state index is -0.278. The summed E-state index contributed by atoms with van der Waals surface area (Å²) in [6, 6.07) is 0. The summed E-state index contributed by atoms with van der Waals surface area (Å²) in [5.74, 6) is 1.39. The Morgan fingerprint density at radius 1 is 1.36 bits per heavy atom. The highest BCUT2D eigenvalue weighted by Gasteiger charge is 2.68. The average molecular weight is 326 g/mol. The second-order valence-corrected chi connectivity index (χ2v) is 8.53. The number of alkyl halides is 1. The van der Waals surface area contributed by atoms with Gasteiger partial charge in [0.1, 0.15) is 5.88 Å². The fourth-order valence-electron chi connectivity index (χ4n) is 5.53. The summed E-state index contributed by atoms with van der Waals surface area (Å²) in [5, 5.41) is 0. The van der Waals surface area contributed by atoms with Gasteiger partial charge in [0, 0.05) is 6.54 Å². The first kappa shape index (κ1) is 15.3. The molecule has 0 spiro atoms. The normalized spacial score (nSPS) is 45.6. The average Bonchev–Trinajstić information content (AvgIpc) is 3.08. The van der Waals surface area contributed by atoms with Crippen molar-refractivity contribution in [3.05, 3.63) is 0 Å². The van der Waals surface area contributed by atoms with Gasteiger partial charge in [0.05, 0.1) is 17.6 Å². The van der Waals surface area contributed by atoms with Gasteiger partial charge in [-0.2, -0.15) is 0 Å². The number of hydrogen-bond donors (Lipinski definition) is 0. The third-order valence-corrected chi connectivity index (χ3v) is 7.25. The molecule has 5 fully saturated rings. The predicted octanol–water partition coefficient (Wildman–Crippen LogP) is 2.48. The first-order valence-electron chi connectivity index (χ1n) is 8.56. The molecule has 1 amide bonds. The second kappa shape index (κ2) is 4.87. The van der Waals surface area contributed by atoms with Crippen molar-refractivity contribution in [3.63, 3.8) is 0 Å². The molecule has 0 radical (unpaired) electrons. The van der Waals surface area contributed by atoms with Crippen molar-refractivity contribution in [2.45, 2.75) is 64.1 Å². The fraction of sp³-hybridized carbons (Fsp3) is 0.938. The number of amides is 1. The van der Waals surface area contributed by atoms with Crippen LogP contribution in [-0.2, 0) is 14.1 Å². The molecule has 5 rings (SSSR count). The van der Waals surface area contributed by atoms with E-state index in [2.05, 4.69) is 20.8 Å². The van der Waals surface area contributed by atoms with E-state index in [1.54, 1.807) is 0 Å². The molecule has 2 aliphatic heterocycles. The van der Waals surface area contributed by atoms with Crippen LogP contribution in [0.2, 0.25) is 0 Å². The molecular weight excluding hydrogens is 300 g/mol. The Hall–Kier alpha value is -0.255. The summed E-state index contributed by atoms with van der Waals surface area (Å²) in [4.78, 5) is 13.9. The van der Waals surface area contributed by atoms with Gasteiger partial charge in [0.15, 0.2) is 0 Å². The van der Waals surface area contributed by atoms with E-state index in [-0.39, 0.29) is 36.6 Å². The van der Waals surface area contributed by atoms with E-state index in [9.17, 15) is 4.79 Å². The van der Waals surface area contributed by atoms with Gasteiger partial charge < -0.3 is 14.2 Å². The maximum atomic E-state index is 12.0. The molecule has 22 heavy (non-hydrogen) atoms. The van der Waals surface area contributed by atoms with Gasteiger partial charge in [-0.25, -0.2) is 0 Å². The molecule has 5 atom stereocenters. The Labute approximate surface area is 138 Å². The van der Waals surface area contributed by atoms with Gasteiger partial charge in [-0.3, -0.25) is 4.79 Å². The lowest BCUT2D eigenvalue weighted by Crippen LogP contribution is -2.65. The molecule has 0 aromatic carbocycles. The van der Waals surface area contributed by atoms with E-state index in [0.29, 0.717) is 11.3 Å². The van der Waals surface area contributed by atoms with E-state index < -0.39 is 0 Å². The van der Waals surface area contributed by atoms with Gasteiger partial charge in [0.25, 0.3) is 0 Å². The van der Waals surface area contributed by atoms with Crippen molar-refractivity contribution in [2.75, 3.05) is 12.4 Å². The van der Waals surface area contributed by atoms with E-state index in [4.69, 9.17) is 20.9 Å². The van der Waals surface area contributed by atoms with Crippen molar-refractivity contribution in [2.24, 2.45) is 17.3 Å². The second-order valence-electron chi connectivity index (χ2n) is 8.27. The van der Waals surface area contributed by atoms with Crippen LogP contribution in [0.15, 0.2) is 0 Å². The molecular formula is C16H25BClNO3. The minimum absolute atomic E-state index is 0.000944. The molecule has 5 aliphatic rings. The van der Waals surface area contributed by atoms with E-state index in [1.165, 1.54) is 6.42 Å². The first-order valence-corrected chi connectivity index (χ1v) is 9.10. The van der Waals surface area contributed by atoms with Gasteiger partial charge in [-0.05, 0) is 49.9 Å². The first-order chi connectivity index (χ1) is 10.4. The molecule has 122 valence electrons. The van der Waals surface area contributed by atoms with Crippen LogP contribution in [0, 0.1) is 17.3 Å². The Bertz CT molecular complexity index is 502. The Morgan fingerprint density at radius 3 is 2.82 bits per heavy atom. The Morgan fingerprint density at radius 2 is 2.14 bits per heavy atom. The SMILES string of the molecule is CC1(C)[C@H]2C[C@H]1[C@]1(C)OB([C@@H]3CCCN3C(=O)CCl)O[C@@H]1C2. The zero-order valence-corrected chi connectivity index (χ0v) is 14.4. The monoisotopic (exact) mass is 325 g/mol. The van der Waals surface area contributed by atoms with E-state index >= 15 is 0 Å². The zero-order valence-electron chi connectivity index (χ0n) is 13.7. The number of rotatable bonds is 2. The van der Waals surface area contributed by atoms with Crippen LogP contribution in [-0.4, -0.2) is 48.0 Å². The summed E-state index contributed by atoms with van der Waals surface area (Å²) in [5.41, 5.74) is 0.159. The molecule has 3 aliphatic carbocycles. The summed E-state index contributed by atoms with van der Waals surface area (Å²) in [6.07, 6.45) is 4.49. The largest absolute Gasteiger partial charge is 0.481 e. The van der Waals surface area contributed by atoms with Crippen LogP contribution < -0.4 is 0 Å². The molecule has 3 saturated carbocycles. The number of likely N-dealkylation sites (tertiary alicyclic amines) is 1. The van der Waals surface area contributed by atoms with Crippen LogP contribution in [0.25, 0.3) is 0 Å². The van der Waals surface area contributed by atoms with Gasteiger partial charge >= 0.3 is 7.12 Å². The Balaban J connectivity index is 1.54. The van der Waals surface area contributed by atoms with Crippen molar-refractivity contribution >= 4 is 24.6 Å².